The van der Waals surface area contributed by atoms with Gasteiger partial charge < -0.3 is 15.8 Å². The van der Waals surface area contributed by atoms with Crippen molar-refractivity contribution in [3.8, 4) is 5.75 Å². The van der Waals surface area contributed by atoms with Gasteiger partial charge in [0.1, 0.15) is 5.75 Å². The molecule has 0 unspecified atom stereocenters. The van der Waals surface area contributed by atoms with Crippen molar-refractivity contribution in [3.63, 3.8) is 0 Å². The molecule has 1 aliphatic carbocycles. The molecule has 3 rings (SSSR count). The Hall–Kier alpha value is -2.49. The molecule has 1 saturated carbocycles. The summed E-state index contributed by atoms with van der Waals surface area (Å²) in [5.41, 5.74) is 7.77. The van der Waals surface area contributed by atoms with E-state index >= 15 is 0 Å². The minimum atomic E-state index is -0.379. The number of anilines is 2. The summed E-state index contributed by atoms with van der Waals surface area (Å²) in [7, 11) is 1.57. The van der Waals surface area contributed by atoms with E-state index in [-0.39, 0.29) is 11.3 Å². The highest BCUT2D eigenvalue weighted by Gasteiger charge is 2.51. The first-order valence-corrected chi connectivity index (χ1v) is 6.96. The molecule has 0 saturated heterocycles. The summed E-state index contributed by atoms with van der Waals surface area (Å²) in [5.74, 6) is 0.635. The number of ether oxygens (including phenoxy) is 1. The van der Waals surface area contributed by atoms with Crippen molar-refractivity contribution in [3.05, 3.63) is 54.1 Å². The van der Waals surface area contributed by atoms with Crippen molar-refractivity contribution in [2.75, 3.05) is 18.2 Å². The van der Waals surface area contributed by atoms with Gasteiger partial charge in [0, 0.05) is 5.69 Å². The summed E-state index contributed by atoms with van der Waals surface area (Å²) in [6.07, 6.45) is 1.77. The lowest BCUT2D eigenvalue weighted by molar-refractivity contribution is -0.118. The van der Waals surface area contributed by atoms with E-state index in [0.717, 1.165) is 18.4 Å². The molecule has 4 nitrogen and oxygen atoms in total. The van der Waals surface area contributed by atoms with Crippen LogP contribution in [0.2, 0.25) is 0 Å². The van der Waals surface area contributed by atoms with E-state index in [9.17, 15) is 4.79 Å². The Bertz CT molecular complexity index is 664. The van der Waals surface area contributed by atoms with E-state index < -0.39 is 0 Å². The number of hydrogen-bond acceptors (Lipinski definition) is 3. The Morgan fingerprint density at radius 2 is 1.90 bits per heavy atom. The van der Waals surface area contributed by atoms with E-state index in [1.54, 1.807) is 25.3 Å². The SMILES string of the molecule is COc1ccc(NC(=O)C2(c3ccccc3)CC2)cc1N. The minimum absolute atomic E-state index is 0.0262. The van der Waals surface area contributed by atoms with Crippen molar-refractivity contribution in [2.45, 2.75) is 18.3 Å². The van der Waals surface area contributed by atoms with Gasteiger partial charge in [-0.25, -0.2) is 0 Å². The summed E-state index contributed by atoms with van der Waals surface area (Å²) >= 11 is 0. The third-order valence-electron chi connectivity index (χ3n) is 4.00. The average molecular weight is 282 g/mol. The van der Waals surface area contributed by atoms with Crippen LogP contribution in [0.25, 0.3) is 0 Å². The van der Waals surface area contributed by atoms with E-state index in [1.165, 1.54) is 0 Å². The van der Waals surface area contributed by atoms with Crippen LogP contribution in [0.4, 0.5) is 11.4 Å². The number of nitrogens with two attached hydrogens (primary N) is 1. The molecule has 1 aliphatic rings. The molecule has 108 valence electrons. The van der Waals surface area contributed by atoms with E-state index in [2.05, 4.69) is 5.32 Å². The molecule has 1 amide bonds. The zero-order valence-electron chi connectivity index (χ0n) is 11.9. The highest BCUT2D eigenvalue weighted by Crippen LogP contribution is 2.49. The number of carbonyl (C=O) groups excluding carboxylic acids is 1. The maximum absolute atomic E-state index is 12.6. The number of methoxy groups -OCH3 is 1. The van der Waals surface area contributed by atoms with Crippen molar-refractivity contribution in [2.24, 2.45) is 0 Å². The van der Waals surface area contributed by atoms with Gasteiger partial charge in [-0.3, -0.25) is 4.79 Å². The van der Waals surface area contributed by atoms with Gasteiger partial charge in [-0.2, -0.15) is 0 Å². The summed E-state index contributed by atoms with van der Waals surface area (Å²) in [6.45, 7) is 0. The van der Waals surface area contributed by atoms with Crippen molar-refractivity contribution >= 4 is 17.3 Å². The molecule has 2 aromatic rings. The first-order chi connectivity index (χ1) is 10.2. The van der Waals surface area contributed by atoms with E-state index in [0.29, 0.717) is 17.1 Å². The minimum Gasteiger partial charge on any atom is -0.495 e. The Balaban J connectivity index is 1.79. The highest BCUT2D eigenvalue weighted by atomic mass is 16.5. The summed E-state index contributed by atoms with van der Waals surface area (Å²) in [5, 5.41) is 2.96. The molecule has 4 heteroatoms. The summed E-state index contributed by atoms with van der Waals surface area (Å²) in [4.78, 5) is 12.6. The number of amides is 1. The Morgan fingerprint density at radius 3 is 2.48 bits per heavy atom. The van der Waals surface area contributed by atoms with Gasteiger partial charge in [-0.05, 0) is 36.6 Å². The van der Waals surface area contributed by atoms with Crippen LogP contribution < -0.4 is 15.8 Å². The Kier molecular flexibility index (Phi) is 3.29. The van der Waals surface area contributed by atoms with Crippen LogP contribution in [0.15, 0.2) is 48.5 Å². The number of rotatable bonds is 4. The van der Waals surface area contributed by atoms with Crippen molar-refractivity contribution in [1.82, 2.24) is 0 Å². The third-order valence-corrected chi connectivity index (χ3v) is 4.00. The molecule has 1 fully saturated rings. The van der Waals surface area contributed by atoms with Crippen LogP contribution in [-0.2, 0) is 10.2 Å². The van der Waals surface area contributed by atoms with Crippen LogP contribution in [0.5, 0.6) is 5.75 Å². The zero-order valence-corrected chi connectivity index (χ0v) is 11.9. The van der Waals surface area contributed by atoms with Gasteiger partial charge in [0.2, 0.25) is 5.91 Å². The highest BCUT2D eigenvalue weighted by molar-refractivity contribution is 6.01. The fourth-order valence-electron chi connectivity index (χ4n) is 2.59. The maximum Gasteiger partial charge on any atom is 0.235 e. The van der Waals surface area contributed by atoms with Gasteiger partial charge in [0.05, 0.1) is 18.2 Å². The smallest absolute Gasteiger partial charge is 0.235 e. The second kappa shape index (κ2) is 5.13. The van der Waals surface area contributed by atoms with Crippen molar-refractivity contribution < 1.29 is 9.53 Å². The average Bonchev–Trinajstić information content (AvgIpc) is 3.30. The van der Waals surface area contributed by atoms with Gasteiger partial charge in [0.25, 0.3) is 0 Å². The summed E-state index contributed by atoms with van der Waals surface area (Å²) in [6, 6.07) is 15.2. The molecule has 0 atom stereocenters. The monoisotopic (exact) mass is 282 g/mol. The van der Waals surface area contributed by atoms with Crippen LogP contribution in [-0.4, -0.2) is 13.0 Å². The number of nitrogens with one attached hydrogen (secondary N) is 1. The lowest BCUT2D eigenvalue weighted by Gasteiger charge is -2.16. The molecular formula is C17H18N2O2. The number of carbonyl (C=O) groups is 1. The fraction of sp³-hybridized carbons (Fsp3) is 0.235. The molecule has 21 heavy (non-hydrogen) atoms. The topological polar surface area (TPSA) is 64.3 Å². The zero-order chi connectivity index (χ0) is 14.9. The van der Waals surface area contributed by atoms with Gasteiger partial charge in [-0.15, -0.1) is 0 Å². The quantitative estimate of drug-likeness (QED) is 0.847. The number of hydrogen-bond donors (Lipinski definition) is 2. The molecule has 0 aromatic heterocycles. The Labute approximate surface area is 123 Å². The molecular weight excluding hydrogens is 264 g/mol. The number of nitrogen functional groups attached to an aromatic ring is 1. The van der Waals surface area contributed by atoms with Crippen LogP contribution in [0, 0.1) is 0 Å². The first-order valence-electron chi connectivity index (χ1n) is 6.96. The predicted molar refractivity (Wildman–Crippen MR) is 83.4 cm³/mol. The van der Waals surface area contributed by atoms with Gasteiger partial charge in [-0.1, -0.05) is 30.3 Å². The molecule has 0 aliphatic heterocycles. The maximum atomic E-state index is 12.6. The van der Waals surface area contributed by atoms with Crippen molar-refractivity contribution in [1.29, 1.82) is 0 Å². The Morgan fingerprint density at radius 1 is 1.19 bits per heavy atom. The molecule has 0 spiro atoms. The fourth-order valence-corrected chi connectivity index (χ4v) is 2.59. The van der Waals surface area contributed by atoms with Crippen LogP contribution >= 0.6 is 0 Å². The lowest BCUT2D eigenvalue weighted by atomic mass is 9.95. The van der Waals surface area contributed by atoms with Gasteiger partial charge >= 0.3 is 0 Å². The standard InChI is InChI=1S/C17H18N2O2/c1-21-15-8-7-13(11-14(15)18)19-16(20)17(9-10-17)12-5-3-2-4-6-12/h2-8,11H,9-10,18H2,1H3,(H,19,20). The second-order valence-electron chi connectivity index (χ2n) is 5.36. The van der Waals surface area contributed by atoms with Gasteiger partial charge in [0.15, 0.2) is 0 Å². The lowest BCUT2D eigenvalue weighted by Crippen LogP contribution is -2.27. The van der Waals surface area contributed by atoms with Crippen LogP contribution in [0.1, 0.15) is 18.4 Å². The van der Waals surface area contributed by atoms with E-state index in [4.69, 9.17) is 10.5 Å². The van der Waals surface area contributed by atoms with Crippen LogP contribution in [0.3, 0.4) is 0 Å². The number of benzene rings is 2. The molecule has 0 bridgehead atoms. The predicted octanol–water partition coefficient (Wildman–Crippen LogP) is 2.95. The second-order valence-corrected chi connectivity index (χ2v) is 5.36. The third kappa shape index (κ3) is 2.44. The molecule has 0 radical (unpaired) electrons. The summed E-state index contributed by atoms with van der Waals surface area (Å²) < 4.78 is 5.12. The molecule has 3 N–H and O–H groups in total. The largest absolute Gasteiger partial charge is 0.495 e. The first kappa shape index (κ1) is 13.5. The molecule has 0 heterocycles. The molecule has 2 aromatic carbocycles. The normalized spacial score (nSPS) is 15.3. The van der Waals surface area contributed by atoms with E-state index in [1.807, 2.05) is 30.3 Å².